The van der Waals surface area contributed by atoms with E-state index < -0.39 is 0 Å². The minimum atomic E-state index is -0.298. The molecule has 0 aliphatic carbocycles. The van der Waals surface area contributed by atoms with Gasteiger partial charge in [0.25, 0.3) is 0 Å². The molecule has 6 nitrogen and oxygen atoms in total. The SMILES string of the molecule is CCNC(=NCc1ccccc1Cl)NCC(C(=O)N1CCOCC1)c1ccccc1. The maximum atomic E-state index is 13.2. The summed E-state index contributed by atoms with van der Waals surface area (Å²) in [7, 11) is 0. The smallest absolute Gasteiger partial charge is 0.232 e. The molecule has 1 unspecified atom stereocenters. The highest BCUT2D eigenvalue weighted by Crippen LogP contribution is 2.19. The Kier molecular flexibility index (Phi) is 8.53. The fourth-order valence-electron chi connectivity index (χ4n) is 3.37. The quantitative estimate of drug-likeness (QED) is 0.525. The second-order valence-electron chi connectivity index (χ2n) is 7.07. The van der Waals surface area contributed by atoms with Crippen molar-refractivity contribution in [3.05, 3.63) is 70.7 Å². The van der Waals surface area contributed by atoms with Crippen molar-refractivity contribution in [1.29, 1.82) is 0 Å². The molecular formula is C23H29ClN4O2. The van der Waals surface area contributed by atoms with E-state index >= 15 is 0 Å². The van der Waals surface area contributed by atoms with Gasteiger partial charge in [-0.1, -0.05) is 60.1 Å². The predicted molar refractivity (Wildman–Crippen MR) is 121 cm³/mol. The number of morpholine rings is 1. The van der Waals surface area contributed by atoms with Crippen molar-refractivity contribution in [2.45, 2.75) is 19.4 Å². The third kappa shape index (κ3) is 6.21. The lowest BCUT2D eigenvalue weighted by molar-refractivity contribution is -0.136. The van der Waals surface area contributed by atoms with Crippen molar-refractivity contribution in [2.24, 2.45) is 4.99 Å². The number of aliphatic imine (C=N–C) groups is 1. The molecule has 0 aromatic heterocycles. The minimum Gasteiger partial charge on any atom is -0.378 e. The third-order valence-corrected chi connectivity index (χ3v) is 5.37. The van der Waals surface area contributed by atoms with Gasteiger partial charge in [-0.25, -0.2) is 4.99 Å². The number of carbonyl (C=O) groups is 1. The number of benzene rings is 2. The zero-order valence-electron chi connectivity index (χ0n) is 17.3. The zero-order valence-corrected chi connectivity index (χ0v) is 18.1. The van der Waals surface area contributed by atoms with Crippen LogP contribution in [0.5, 0.6) is 0 Å². The molecule has 1 atom stereocenters. The molecule has 1 aliphatic rings. The molecule has 0 saturated carbocycles. The first-order valence-corrected chi connectivity index (χ1v) is 10.7. The van der Waals surface area contributed by atoms with E-state index in [2.05, 4.69) is 15.6 Å². The van der Waals surface area contributed by atoms with Crippen LogP contribution < -0.4 is 10.6 Å². The average molecular weight is 429 g/mol. The number of nitrogens with one attached hydrogen (secondary N) is 2. The first-order chi connectivity index (χ1) is 14.7. The summed E-state index contributed by atoms with van der Waals surface area (Å²) in [5.41, 5.74) is 1.95. The average Bonchev–Trinajstić information content (AvgIpc) is 2.79. The van der Waals surface area contributed by atoms with Gasteiger partial charge in [0.2, 0.25) is 5.91 Å². The fourth-order valence-corrected chi connectivity index (χ4v) is 3.56. The number of amides is 1. The molecule has 2 N–H and O–H groups in total. The summed E-state index contributed by atoms with van der Waals surface area (Å²) >= 11 is 6.25. The number of rotatable bonds is 7. The van der Waals surface area contributed by atoms with Gasteiger partial charge in [-0.15, -0.1) is 0 Å². The number of hydrogen-bond donors (Lipinski definition) is 2. The Labute approximate surface area is 183 Å². The largest absolute Gasteiger partial charge is 0.378 e. The highest BCUT2D eigenvalue weighted by molar-refractivity contribution is 6.31. The van der Waals surface area contributed by atoms with E-state index in [1.54, 1.807) is 0 Å². The van der Waals surface area contributed by atoms with Gasteiger partial charge in [0.05, 0.1) is 25.7 Å². The zero-order chi connectivity index (χ0) is 21.2. The molecule has 0 bridgehead atoms. The second-order valence-corrected chi connectivity index (χ2v) is 7.48. The Morgan fingerprint density at radius 2 is 1.80 bits per heavy atom. The lowest BCUT2D eigenvalue weighted by Gasteiger charge is -2.31. The van der Waals surface area contributed by atoms with Crippen LogP contribution in [0.3, 0.4) is 0 Å². The summed E-state index contributed by atoms with van der Waals surface area (Å²) in [5, 5.41) is 7.29. The molecule has 2 aromatic rings. The molecule has 1 fully saturated rings. The molecule has 3 rings (SSSR count). The topological polar surface area (TPSA) is 66.0 Å². The van der Waals surface area contributed by atoms with Gasteiger partial charge in [0, 0.05) is 31.2 Å². The monoisotopic (exact) mass is 428 g/mol. The van der Waals surface area contributed by atoms with Crippen molar-refractivity contribution < 1.29 is 9.53 Å². The Balaban J connectivity index is 1.72. The van der Waals surface area contributed by atoms with E-state index in [0.29, 0.717) is 50.4 Å². The van der Waals surface area contributed by atoms with Gasteiger partial charge in [-0.2, -0.15) is 0 Å². The van der Waals surface area contributed by atoms with Gasteiger partial charge in [0.15, 0.2) is 5.96 Å². The van der Waals surface area contributed by atoms with Crippen molar-refractivity contribution in [1.82, 2.24) is 15.5 Å². The molecular weight excluding hydrogens is 400 g/mol. The van der Waals surface area contributed by atoms with E-state index in [9.17, 15) is 4.79 Å². The van der Waals surface area contributed by atoms with E-state index in [-0.39, 0.29) is 11.8 Å². The Morgan fingerprint density at radius 3 is 2.50 bits per heavy atom. The van der Waals surface area contributed by atoms with Gasteiger partial charge in [-0.05, 0) is 24.1 Å². The molecule has 160 valence electrons. The normalized spacial score (nSPS) is 15.5. The van der Waals surface area contributed by atoms with Gasteiger partial charge >= 0.3 is 0 Å². The Hall–Kier alpha value is -2.57. The molecule has 1 heterocycles. The first kappa shape index (κ1) is 22.1. The second kappa shape index (κ2) is 11.6. The third-order valence-electron chi connectivity index (χ3n) is 5.01. The maximum Gasteiger partial charge on any atom is 0.232 e. The van der Waals surface area contributed by atoms with Crippen molar-refractivity contribution in [3.8, 4) is 0 Å². The first-order valence-electron chi connectivity index (χ1n) is 10.4. The van der Waals surface area contributed by atoms with Crippen LogP contribution in [0, 0.1) is 0 Å². The predicted octanol–water partition coefficient (Wildman–Crippen LogP) is 3.04. The Morgan fingerprint density at radius 1 is 1.10 bits per heavy atom. The standard InChI is InChI=1S/C23H29ClN4O2/c1-2-25-23(26-16-19-10-6-7-11-21(19)24)27-17-20(18-8-4-3-5-9-18)22(29)28-12-14-30-15-13-28/h3-11,20H,2,12-17H2,1H3,(H2,25,26,27). The molecule has 1 aliphatic heterocycles. The lowest BCUT2D eigenvalue weighted by Crippen LogP contribution is -2.47. The molecule has 7 heteroatoms. The van der Waals surface area contributed by atoms with E-state index in [4.69, 9.17) is 16.3 Å². The number of nitrogens with zero attached hydrogens (tertiary/aromatic N) is 2. The van der Waals surface area contributed by atoms with Crippen LogP contribution in [-0.2, 0) is 16.1 Å². The minimum absolute atomic E-state index is 0.110. The summed E-state index contributed by atoms with van der Waals surface area (Å²) in [6, 6.07) is 17.6. The Bertz CT molecular complexity index is 838. The number of hydrogen-bond acceptors (Lipinski definition) is 3. The van der Waals surface area contributed by atoms with Crippen LogP contribution in [-0.4, -0.2) is 56.2 Å². The van der Waals surface area contributed by atoms with Crippen LogP contribution in [0.25, 0.3) is 0 Å². The van der Waals surface area contributed by atoms with Crippen LogP contribution in [0.15, 0.2) is 59.6 Å². The maximum absolute atomic E-state index is 13.2. The summed E-state index contributed by atoms with van der Waals surface area (Å²) < 4.78 is 5.40. The molecule has 1 saturated heterocycles. The molecule has 2 aromatic carbocycles. The van der Waals surface area contributed by atoms with Gasteiger partial charge in [-0.3, -0.25) is 4.79 Å². The molecule has 1 amide bonds. The highest BCUT2D eigenvalue weighted by atomic mass is 35.5. The number of ether oxygens (including phenoxy) is 1. The van der Waals surface area contributed by atoms with E-state index in [1.807, 2.05) is 66.4 Å². The number of carbonyl (C=O) groups excluding carboxylic acids is 1. The van der Waals surface area contributed by atoms with Crippen LogP contribution in [0.4, 0.5) is 0 Å². The summed E-state index contributed by atoms with van der Waals surface area (Å²) in [6.45, 7) is 6.08. The van der Waals surface area contributed by atoms with E-state index in [0.717, 1.165) is 17.7 Å². The van der Waals surface area contributed by atoms with Crippen LogP contribution >= 0.6 is 11.6 Å². The highest BCUT2D eigenvalue weighted by Gasteiger charge is 2.27. The lowest BCUT2D eigenvalue weighted by atomic mass is 9.97. The summed E-state index contributed by atoms with van der Waals surface area (Å²) in [4.78, 5) is 19.8. The number of halogens is 1. The van der Waals surface area contributed by atoms with Crippen LogP contribution in [0.1, 0.15) is 24.0 Å². The van der Waals surface area contributed by atoms with Crippen molar-refractivity contribution in [2.75, 3.05) is 39.4 Å². The number of guanidine groups is 1. The molecule has 0 spiro atoms. The van der Waals surface area contributed by atoms with Gasteiger partial charge < -0.3 is 20.3 Å². The summed E-state index contributed by atoms with van der Waals surface area (Å²) in [5.74, 6) is 0.473. The molecule has 0 radical (unpaired) electrons. The molecule has 30 heavy (non-hydrogen) atoms. The van der Waals surface area contributed by atoms with Gasteiger partial charge in [0.1, 0.15) is 0 Å². The van der Waals surface area contributed by atoms with Crippen molar-refractivity contribution >= 4 is 23.5 Å². The fraction of sp³-hybridized carbons (Fsp3) is 0.391. The van der Waals surface area contributed by atoms with Crippen molar-refractivity contribution in [3.63, 3.8) is 0 Å². The van der Waals surface area contributed by atoms with E-state index in [1.165, 1.54) is 0 Å². The van der Waals surface area contributed by atoms with Crippen LogP contribution in [0.2, 0.25) is 5.02 Å². The summed E-state index contributed by atoms with van der Waals surface area (Å²) in [6.07, 6.45) is 0.